The number of benzene rings is 1. The lowest BCUT2D eigenvalue weighted by atomic mass is 9.87. The van der Waals surface area contributed by atoms with Gasteiger partial charge in [0, 0.05) is 18.0 Å². The van der Waals surface area contributed by atoms with Crippen molar-refractivity contribution in [3.05, 3.63) is 60.0 Å². The molecule has 0 aliphatic carbocycles. The van der Waals surface area contributed by atoms with Crippen molar-refractivity contribution < 1.29 is 4.79 Å². The topological polar surface area (TPSA) is 59.3 Å². The van der Waals surface area contributed by atoms with Gasteiger partial charge in [-0.05, 0) is 29.2 Å². The average Bonchev–Trinajstić information content (AvgIpc) is 2.95. The molecule has 0 fully saturated rings. The van der Waals surface area contributed by atoms with Crippen molar-refractivity contribution in [2.75, 3.05) is 5.32 Å². The molecule has 0 radical (unpaired) electrons. The second kappa shape index (κ2) is 5.26. The van der Waals surface area contributed by atoms with Crippen molar-refractivity contribution in [1.29, 1.82) is 0 Å². The molecule has 0 aliphatic rings. The molecule has 0 aliphatic heterocycles. The molecule has 5 nitrogen and oxygen atoms in total. The first-order chi connectivity index (χ1) is 10.4. The summed E-state index contributed by atoms with van der Waals surface area (Å²) in [4.78, 5) is 16.6. The third kappa shape index (κ3) is 2.70. The van der Waals surface area contributed by atoms with Crippen LogP contribution >= 0.6 is 0 Å². The number of rotatable bonds is 2. The Morgan fingerprint density at radius 2 is 1.77 bits per heavy atom. The highest BCUT2D eigenvalue weighted by molar-refractivity contribution is 6.03. The molecular weight excluding hydrogens is 276 g/mol. The van der Waals surface area contributed by atoms with Crippen LogP contribution in [0.3, 0.4) is 0 Å². The van der Waals surface area contributed by atoms with Gasteiger partial charge >= 0.3 is 0 Å². The van der Waals surface area contributed by atoms with Crippen LogP contribution in [0.25, 0.3) is 5.65 Å². The Morgan fingerprint density at radius 1 is 1.05 bits per heavy atom. The molecule has 1 aromatic carbocycles. The van der Waals surface area contributed by atoms with E-state index in [1.54, 1.807) is 24.5 Å². The highest BCUT2D eigenvalue weighted by Gasteiger charge is 2.14. The van der Waals surface area contributed by atoms with Crippen molar-refractivity contribution in [3.63, 3.8) is 0 Å². The van der Waals surface area contributed by atoms with Crippen LogP contribution in [0.2, 0.25) is 0 Å². The molecule has 5 heteroatoms. The summed E-state index contributed by atoms with van der Waals surface area (Å²) in [7, 11) is 0. The Hall–Kier alpha value is -2.69. The van der Waals surface area contributed by atoms with E-state index in [4.69, 9.17) is 0 Å². The van der Waals surface area contributed by atoms with Gasteiger partial charge in [0.05, 0.1) is 6.20 Å². The smallest absolute Gasteiger partial charge is 0.274 e. The van der Waals surface area contributed by atoms with Gasteiger partial charge in [0.15, 0.2) is 5.65 Å². The van der Waals surface area contributed by atoms with E-state index < -0.39 is 0 Å². The van der Waals surface area contributed by atoms with Gasteiger partial charge in [-0.25, -0.2) is 9.50 Å². The van der Waals surface area contributed by atoms with Gasteiger partial charge in [-0.15, -0.1) is 0 Å². The van der Waals surface area contributed by atoms with Crippen LogP contribution in [0.15, 0.2) is 48.8 Å². The largest absolute Gasteiger partial charge is 0.321 e. The zero-order valence-corrected chi connectivity index (χ0v) is 12.9. The highest BCUT2D eigenvalue weighted by Crippen LogP contribution is 2.23. The lowest BCUT2D eigenvalue weighted by molar-refractivity contribution is 0.102. The number of amides is 1. The fourth-order valence-electron chi connectivity index (χ4n) is 2.26. The van der Waals surface area contributed by atoms with Crippen molar-refractivity contribution in [2.45, 2.75) is 26.2 Å². The van der Waals surface area contributed by atoms with Gasteiger partial charge in [0.25, 0.3) is 5.91 Å². The third-order valence-electron chi connectivity index (χ3n) is 3.53. The summed E-state index contributed by atoms with van der Waals surface area (Å²) >= 11 is 0. The quantitative estimate of drug-likeness (QED) is 0.789. The molecule has 0 saturated carbocycles. The van der Waals surface area contributed by atoms with Crippen LogP contribution in [-0.4, -0.2) is 20.5 Å². The van der Waals surface area contributed by atoms with Crippen molar-refractivity contribution in [3.8, 4) is 0 Å². The van der Waals surface area contributed by atoms with E-state index in [1.165, 1.54) is 10.1 Å². The van der Waals surface area contributed by atoms with Gasteiger partial charge in [-0.2, -0.15) is 5.10 Å². The Bertz CT molecular complexity index is 813. The first kappa shape index (κ1) is 14.3. The number of fused-ring (bicyclic) bond motifs is 1. The maximum absolute atomic E-state index is 12.4. The molecule has 3 aromatic rings. The predicted molar refractivity (Wildman–Crippen MR) is 86.1 cm³/mol. The number of anilines is 1. The Kier molecular flexibility index (Phi) is 3.41. The minimum atomic E-state index is -0.209. The SMILES string of the molecule is CC(C)(C)c1ccc(NC(=O)c2ccnc3ccnn23)cc1. The summed E-state index contributed by atoms with van der Waals surface area (Å²) in [5.41, 5.74) is 3.18. The van der Waals surface area contributed by atoms with Gasteiger partial charge < -0.3 is 5.32 Å². The molecule has 2 aromatic heterocycles. The maximum Gasteiger partial charge on any atom is 0.274 e. The van der Waals surface area contributed by atoms with Gasteiger partial charge in [-0.1, -0.05) is 32.9 Å². The molecule has 0 saturated heterocycles. The van der Waals surface area contributed by atoms with E-state index in [2.05, 4.69) is 36.2 Å². The number of aromatic nitrogens is 3. The average molecular weight is 294 g/mol. The van der Waals surface area contributed by atoms with E-state index in [0.29, 0.717) is 11.3 Å². The van der Waals surface area contributed by atoms with Crippen LogP contribution in [0.4, 0.5) is 5.69 Å². The van der Waals surface area contributed by atoms with E-state index in [-0.39, 0.29) is 11.3 Å². The van der Waals surface area contributed by atoms with Gasteiger partial charge in [0.1, 0.15) is 5.69 Å². The van der Waals surface area contributed by atoms with Crippen molar-refractivity contribution >= 4 is 17.2 Å². The molecule has 3 rings (SSSR count). The lowest BCUT2D eigenvalue weighted by Gasteiger charge is -2.19. The van der Waals surface area contributed by atoms with Gasteiger partial charge in [0.2, 0.25) is 0 Å². The minimum Gasteiger partial charge on any atom is -0.321 e. The highest BCUT2D eigenvalue weighted by atomic mass is 16.2. The lowest BCUT2D eigenvalue weighted by Crippen LogP contribution is -2.17. The van der Waals surface area contributed by atoms with Crippen LogP contribution in [0.5, 0.6) is 0 Å². The fourth-order valence-corrected chi connectivity index (χ4v) is 2.26. The minimum absolute atomic E-state index is 0.0921. The summed E-state index contributed by atoms with van der Waals surface area (Å²) in [5, 5.41) is 7.01. The third-order valence-corrected chi connectivity index (χ3v) is 3.53. The summed E-state index contributed by atoms with van der Waals surface area (Å²) in [6.45, 7) is 6.48. The first-order valence-electron chi connectivity index (χ1n) is 7.16. The Balaban J connectivity index is 1.84. The van der Waals surface area contributed by atoms with Crippen LogP contribution < -0.4 is 5.32 Å². The second-order valence-corrected chi connectivity index (χ2v) is 6.21. The van der Waals surface area contributed by atoms with Crippen LogP contribution in [0, 0.1) is 0 Å². The second-order valence-electron chi connectivity index (χ2n) is 6.21. The van der Waals surface area contributed by atoms with E-state index in [1.807, 2.05) is 24.3 Å². The maximum atomic E-state index is 12.4. The molecule has 22 heavy (non-hydrogen) atoms. The van der Waals surface area contributed by atoms with E-state index >= 15 is 0 Å². The number of nitrogens with zero attached hydrogens (tertiary/aromatic N) is 3. The predicted octanol–water partition coefficient (Wildman–Crippen LogP) is 3.28. The Labute approximate surface area is 129 Å². The fraction of sp³-hybridized carbons (Fsp3) is 0.235. The van der Waals surface area contributed by atoms with Gasteiger partial charge in [-0.3, -0.25) is 4.79 Å². The molecule has 1 amide bonds. The van der Waals surface area contributed by atoms with Crippen LogP contribution in [0.1, 0.15) is 36.8 Å². The molecule has 0 unspecified atom stereocenters. The molecule has 112 valence electrons. The normalized spacial score (nSPS) is 11.6. The molecule has 0 bridgehead atoms. The summed E-state index contributed by atoms with van der Waals surface area (Å²) < 4.78 is 1.53. The van der Waals surface area contributed by atoms with E-state index in [0.717, 1.165) is 5.69 Å². The standard InChI is InChI=1S/C17H18N4O/c1-17(2,3)12-4-6-13(7-5-12)20-16(22)14-8-10-18-15-9-11-19-21(14)15/h4-11H,1-3H3,(H,20,22). The summed E-state index contributed by atoms with van der Waals surface area (Å²) in [5.74, 6) is -0.209. The first-order valence-corrected chi connectivity index (χ1v) is 7.16. The number of carbonyl (C=O) groups excluding carboxylic acids is 1. The zero-order valence-electron chi connectivity index (χ0n) is 12.9. The molecule has 2 heterocycles. The zero-order chi connectivity index (χ0) is 15.7. The summed E-state index contributed by atoms with van der Waals surface area (Å²) in [6, 6.07) is 11.3. The Morgan fingerprint density at radius 3 is 2.45 bits per heavy atom. The number of hydrogen-bond donors (Lipinski definition) is 1. The number of carbonyl (C=O) groups is 1. The number of hydrogen-bond acceptors (Lipinski definition) is 3. The van der Waals surface area contributed by atoms with Crippen molar-refractivity contribution in [2.24, 2.45) is 0 Å². The number of nitrogens with one attached hydrogen (secondary N) is 1. The van der Waals surface area contributed by atoms with E-state index in [9.17, 15) is 4.79 Å². The molecule has 1 N–H and O–H groups in total. The van der Waals surface area contributed by atoms with Crippen molar-refractivity contribution in [1.82, 2.24) is 14.6 Å². The molecule has 0 atom stereocenters. The molecular formula is C17H18N4O. The monoisotopic (exact) mass is 294 g/mol. The molecule has 0 spiro atoms. The summed E-state index contributed by atoms with van der Waals surface area (Å²) in [6.07, 6.45) is 3.23. The van der Waals surface area contributed by atoms with Crippen LogP contribution in [-0.2, 0) is 5.41 Å².